The summed E-state index contributed by atoms with van der Waals surface area (Å²) >= 11 is 0. The summed E-state index contributed by atoms with van der Waals surface area (Å²) in [4.78, 5) is 2.48. The third-order valence-electron chi connectivity index (χ3n) is 8.34. The predicted molar refractivity (Wildman–Crippen MR) is 159 cm³/mol. The van der Waals surface area contributed by atoms with Crippen molar-refractivity contribution in [3.63, 3.8) is 0 Å². The number of aromatic nitrogens is 1. The van der Waals surface area contributed by atoms with Crippen LogP contribution in [0.15, 0.2) is 109 Å². The Morgan fingerprint density at radius 3 is 2.35 bits per heavy atom. The Bertz CT molecular complexity index is 1830. The molecule has 1 aromatic heterocycles. The van der Waals surface area contributed by atoms with Crippen molar-refractivity contribution in [1.82, 2.24) is 4.48 Å². The Morgan fingerprint density at radius 1 is 0.676 bits per heavy atom. The van der Waals surface area contributed by atoms with Crippen LogP contribution in [0.3, 0.4) is 0 Å². The maximum Gasteiger partial charge on any atom is 0.333 e. The van der Waals surface area contributed by atoms with Crippen LogP contribution in [0.25, 0.3) is 32.9 Å². The molecule has 3 heteroatoms. The van der Waals surface area contributed by atoms with Crippen molar-refractivity contribution in [2.45, 2.75) is 26.2 Å². The van der Waals surface area contributed by atoms with Crippen LogP contribution in [-0.4, -0.2) is 11.3 Å². The SMILES string of the molecule is CCCCc1ccc2c(c1)B1c3c(cccc3N2c2ccccc2)-c2cccc3c4ccccc4n1c23. The van der Waals surface area contributed by atoms with Gasteiger partial charge in [0.25, 0.3) is 0 Å². The van der Waals surface area contributed by atoms with Gasteiger partial charge in [-0.15, -0.1) is 0 Å². The largest absolute Gasteiger partial charge is 0.375 e. The Morgan fingerprint density at radius 2 is 1.46 bits per heavy atom. The van der Waals surface area contributed by atoms with Gasteiger partial charge in [0.2, 0.25) is 0 Å². The molecule has 5 aromatic carbocycles. The highest BCUT2D eigenvalue weighted by Gasteiger charge is 2.42. The average Bonchev–Trinajstić information content (AvgIpc) is 3.29. The van der Waals surface area contributed by atoms with Crippen LogP contribution in [0.2, 0.25) is 0 Å². The number of aryl methyl sites for hydroxylation is 1. The molecule has 2 nitrogen and oxygen atoms in total. The summed E-state index contributed by atoms with van der Waals surface area (Å²) in [5, 5.41) is 2.68. The van der Waals surface area contributed by atoms with Crippen LogP contribution in [0, 0.1) is 0 Å². The van der Waals surface area contributed by atoms with E-state index in [4.69, 9.17) is 0 Å². The maximum absolute atomic E-state index is 2.64. The minimum atomic E-state index is 0.139. The first kappa shape index (κ1) is 20.9. The monoisotopic (exact) mass is 474 g/mol. The van der Waals surface area contributed by atoms with Crippen molar-refractivity contribution in [2.75, 3.05) is 4.90 Å². The van der Waals surface area contributed by atoms with E-state index >= 15 is 0 Å². The zero-order chi connectivity index (χ0) is 24.5. The predicted octanol–water partition coefficient (Wildman–Crippen LogP) is 7.55. The van der Waals surface area contributed by atoms with Crippen LogP contribution in [0.1, 0.15) is 25.3 Å². The fraction of sp³-hybridized carbons (Fsp3) is 0.118. The van der Waals surface area contributed by atoms with E-state index in [0.717, 1.165) is 6.42 Å². The first-order valence-corrected chi connectivity index (χ1v) is 13.5. The van der Waals surface area contributed by atoms with E-state index in [1.165, 1.54) is 79.3 Å². The fourth-order valence-electron chi connectivity index (χ4n) is 6.78. The second-order valence-electron chi connectivity index (χ2n) is 10.4. The van der Waals surface area contributed by atoms with Crippen molar-refractivity contribution in [2.24, 2.45) is 0 Å². The smallest absolute Gasteiger partial charge is 0.333 e. The summed E-state index contributed by atoms with van der Waals surface area (Å²) in [6.07, 6.45) is 3.54. The Kier molecular flexibility index (Phi) is 4.45. The van der Waals surface area contributed by atoms with Crippen molar-refractivity contribution in [1.29, 1.82) is 0 Å². The van der Waals surface area contributed by atoms with Gasteiger partial charge in [0.15, 0.2) is 0 Å². The number of fused-ring (bicyclic) bond motifs is 7. The molecule has 0 aliphatic carbocycles. The highest BCUT2D eigenvalue weighted by atomic mass is 15.2. The van der Waals surface area contributed by atoms with Gasteiger partial charge in [-0.25, -0.2) is 0 Å². The minimum absolute atomic E-state index is 0.139. The number of benzene rings is 5. The van der Waals surface area contributed by atoms with Crippen LogP contribution in [0.4, 0.5) is 17.1 Å². The lowest BCUT2D eigenvalue weighted by Crippen LogP contribution is -2.56. The van der Waals surface area contributed by atoms with E-state index < -0.39 is 0 Å². The van der Waals surface area contributed by atoms with Crippen LogP contribution in [0.5, 0.6) is 0 Å². The summed E-state index contributed by atoms with van der Waals surface area (Å²) in [6.45, 7) is 2.42. The molecule has 0 amide bonds. The van der Waals surface area contributed by atoms with Gasteiger partial charge in [-0.05, 0) is 65.2 Å². The fourth-order valence-corrected chi connectivity index (χ4v) is 6.78. The van der Waals surface area contributed by atoms with Gasteiger partial charge in [0.1, 0.15) is 0 Å². The van der Waals surface area contributed by atoms with E-state index in [1.807, 2.05) is 0 Å². The van der Waals surface area contributed by atoms with Gasteiger partial charge >= 0.3 is 6.85 Å². The number of anilines is 3. The topological polar surface area (TPSA) is 8.17 Å². The molecule has 8 rings (SSSR count). The molecule has 0 atom stereocenters. The average molecular weight is 474 g/mol. The molecular formula is C34H27BN2. The zero-order valence-corrected chi connectivity index (χ0v) is 21.0. The van der Waals surface area contributed by atoms with Crippen molar-refractivity contribution >= 4 is 56.6 Å². The number of unbranched alkanes of at least 4 members (excludes halogenated alkanes) is 1. The molecule has 0 N–H and O–H groups in total. The van der Waals surface area contributed by atoms with E-state index in [2.05, 4.69) is 125 Å². The Hall–Kier alpha value is -4.24. The van der Waals surface area contributed by atoms with Crippen molar-refractivity contribution in [3.05, 3.63) is 115 Å². The molecule has 0 radical (unpaired) electrons. The number of nitrogens with zero attached hydrogens (tertiary/aromatic N) is 2. The highest BCUT2D eigenvalue weighted by molar-refractivity contribution is 6.90. The summed E-state index contributed by atoms with van der Waals surface area (Å²) in [5.41, 5.74) is 13.4. The van der Waals surface area contributed by atoms with Gasteiger partial charge < -0.3 is 9.38 Å². The van der Waals surface area contributed by atoms with Crippen LogP contribution in [-0.2, 0) is 6.42 Å². The second-order valence-corrected chi connectivity index (χ2v) is 10.4. The van der Waals surface area contributed by atoms with Gasteiger partial charge in [-0.3, -0.25) is 0 Å². The molecule has 0 spiro atoms. The van der Waals surface area contributed by atoms with Gasteiger partial charge in [-0.2, -0.15) is 0 Å². The number of para-hydroxylation sites is 3. The van der Waals surface area contributed by atoms with E-state index in [-0.39, 0.29) is 6.85 Å². The molecule has 0 unspecified atom stereocenters. The Balaban J connectivity index is 1.52. The second kappa shape index (κ2) is 7.88. The van der Waals surface area contributed by atoms with Crippen LogP contribution < -0.4 is 15.8 Å². The summed E-state index contributed by atoms with van der Waals surface area (Å²) in [5.74, 6) is 0. The lowest BCUT2D eigenvalue weighted by atomic mass is 9.45. The Labute approximate surface area is 217 Å². The molecule has 176 valence electrons. The van der Waals surface area contributed by atoms with Gasteiger partial charge in [0.05, 0.1) is 0 Å². The molecule has 0 saturated heterocycles. The highest BCUT2D eigenvalue weighted by Crippen LogP contribution is 2.44. The number of hydrogen-bond acceptors (Lipinski definition) is 1. The molecular weight excluding hydrogens is 447 g/mol. The van der Waals surface area contributed by atoms with E-state index in [1.54, 1.807) is 0 Å². The van der Waals surface area contributed by atoms with Gasteiger partial charge in [0, 0.05) is 44.4 Å². The van der Waals surface area contributed by atoms with E-state index in [9.17, 15) is 0 Å². The van der Waals surface area contributed by atoms with E-state index in [0.29, 0.717) is 0 Å². The zero-order valence-electron chi connectivity index (χ0n) is 21.0. The van der Waals surface area contributed by atoms with Gasteiger partial charge in [-0.1, -0.05) is 92.2 Å². The third kappa shape index (κ3) is 2.83. The van der Waals surface area contributed by atoms with Crippen molar-refractivity contribution in [3.8, 4) is 11.1 Å². The molecule has 0 saturated carbocycles. The lowest BCUT2D eigenvalue weighted by Gasteiger charge is -2.40. The maximum atomic E-state index is 2.64. The van der Waals surface area contributed by atoms with Crippen molar-refractivity contribution < 1.29 is 0 Å². The number of rotatable bonds is 4. The molecule has 2 aliphatic rings. The first-order valence-electron chi connectivity index (χ1n) is 13.5. The summed E-state index contributed by atoms with van der Waals surface area (Å²) in [6, 6.07) is 40.7. The molecule has 3 heterocycles. The minimum Gasteiger partial charge on any atom is -0.375 e. The van der Waals surface area contributed by atoms with Crippen LogP contribution >= 0.6 is 0 Å². The molecule has 37 heavy (non-hydrogen) atoms. The lowest BCUT2D eigenvalue weighted by molar-refractivity contribution is 0.795. The third-order valence-corrected chi connectivity index (χ3v) is 8.34. The molecule has 6 aromatic rings. The molecule has 0 bridgehead atoms. The normalized spacial score (nSPS) is 13.2. The molecule has 0 fully saturated rings. The quantitative estimate of drug-likeness (QED) is 0.239. The number of hydrogen-bond donors (Lipinski definition) is 0. The summed E-state index contributed by atoms with van der Waals surface area (Å²) in [7, 11) is 0. The standard InChI is InChI=1S/C34H27BN2/c1-2-3-11-23-20-21-31-29(22-23)35-33-26(15-10-19-32(33)36(31)24-12-5-4-6-13-24)28-17-9-16-27-25-14-7-8-18-30(25)37(35)34(27)28/h4-10,12-22H,2-3,11H2,1H3. The molecule has 2 aliphatic heterocycles. The first-order chi connectivity index (χ1) is 18.3. The summed E-state index contributed by atoms with van der Waals surface area (Å²) < 4.78 is 2.64.